The summed E-state index contributed by atoms with van der Waals surface area (Å²) in [4.78, 5) is 9.13. The van der Waals surface area contributed by atoms with Crippen LogP contribution in [0, 0.1) is 12.7 Å². The Bertz CT molecular complexity index is 949. The molecule has 4 rings (SSSR count). The van der Waals surface area contributed by atoms with Crippen LogP contribution >= 0.6 is 0 Å². The number of halogens is 1. The zero-order valence-corrected chi connectivity index (χ0v) is 16.0. The molecule has 0 saturated carbocycles. The van der Waals surface area contributed by atoms with Gasteiger partial charge in [-0.25, -0.2) is 4.39 Å². The second kappa shape index (κ2) is 7.59. The van der Waals surface area contributed by atoms with Crippen molar-refractivity contribution >= 4 is 5.69 Å². The van der Waals surface area contributed by atoms with Gasteiger partial charge in [0.05, 0.1) is 6.04 Å². The Labute approximate surface area is 163 Å². The molecule has 3 aromatic rings. The van der Waals surface area contributed by atoms with Crippen LogP contribution in [0.15, 0.2) is 47.0 Å². The van der Waals surface area contributed by atoms with Gasteiger partial charge < -0.3 is 14.5 Å². The van der Waals surface area contributed by atoms with Crippen LogP contribution in [0.2, 0.25) is 0 Å². The molecule has 1 unspecified atom stereocenters. The number of nitrogens with zero attached hydrogens (tertiary/aromatic N) is 4. The zero-order chi connectivity index (χ0) is 19.7. The summed E-state index contributed by atoms with van der Waals surface area (Å²) in [5.74, 6) is 1.08. The first-order chi connectivity index (χ1) is 13.5. The Balaban J connectivity index is 1.41. The first kappa shape index (κ1) is 18.4. The highest BCUT2D eigenvalue weighted by Crippen LogP contribution is 2.26. The maximum atomic E-state index is 13.5. The standard InChI is InChI=1S/C21H23FN4O2/c1-14-13-16(3-8-19(14)22)20-23-21(28-24-20)15(2)25-9-11-26(12-10-25)17-4-6-18(27)7-5-17/h3-8,13,15,27H,9-12H2,1-2H3. The Morgan fingerprint density at radius 2 is 1.79 bits per heavy atom. The number of hydrogen-bond acceptors (Lipinski definition) is 6. The van der Waals surface area contributed by atoms with Gasteiger partial charge in [-0.05, 0) is 61.9 Å². The summed E-state index contributed by atoms with van der Waals surface area (Å²) in [6.07, 6.45) is 0. The van der Waals surface area contributed by atoms with Gasteiger partial charge in [0.15, 0.2) is 0 Å². The third-order valence-electron chi connectivity index (χ3n) is 5.29. The van der Waals surface area contributed by atoms with E-state index in [1.165, 1.54) is 6.07 Å². The van der Waals surface area contributed by atoms with Crippen molar-refractivity contribution in [3.05, 3.63) is 59.7 Å². The molecule has 0 spiro atoms. The minimum atomic E-state index is -0.243. The van der Waals surface area contributed by atoms with E-state index in [2.05, 4.69) is 26.9 Å². The van der Waals surface area contributed by atoms with Gasteiger partial charge in [0.1, 0.15) is 11.6 Å². The van der Waals surface area contributed by atoms with Gasteiger partial charge in [-0.15, -0.1) is 0 Å². The van der Waals surface area contributed by atoms with Crippen LogP contribution in [0.3, 0.4) is 0 Å². The topological polar surface area (TPSA) is 65.6 Å². The summed E-state index contributed by atoms with van der Waals surface area (Å²) in [6.45, 7) is 7.28. The highest BCUT2D eigenvalue weighted by Gasteiger charge is 2.26. The fraction of sp³-hybridized carbons (Fsp3) is 0.333. The van der Waals surface area contributed by atoms with Gasteiger partial charge in [-0.3, -0.25) is 4.90 Å². The van der Waals surface area contributed by atoms with Gasteiger partial charge in [-0.2, -0.15) is 4.98 Å². The lowest BCUT2D eigenvalue weighted by Gasteiger charge is -2.38. The summed E-state index contributed by atoms with van der Waals surface area (Å²) in [7, 11) is 0. The number of phenolic OH excluding ortho intramolecular Hbond substituents is 1. The number of piperazine rings is 1. The van der Waals surface area contributed by atoms with Gasteiger partial charge >= 0.3 is 0 Å². The molecule has 6 nitrogen and oxygen atoms in total. The van der Waals surface area contributed by atoms with E-state index in [9.17, 15) is 9.50 Å². The first-order valence-corrected chi connectivity index (χ1v) is 9.39. The quantitative estimate of drug-likeness (QED) is 0.741. The van der Waals surface area contributed by atoms with Crippen LogP contribution < -0.4 is 4.90 Å². The van der Waals surface area contributed by atoms with Crippen molar-refractivity contribution in [2.75, 3.05) is 31.1 Å². The van der Waals surface area contributed by atoms with Crippen LogP contribution in [0.25, 0.3) is 11.4 Å². The van der Waals surface area contributed by atoms with Crippen LogP contribution in [0.5, 0.6) is 5.75 Å². The Hall–Kier alpha value is -2.93. The maximum absolute atomic E-state index is 13.5. The van der Waals surface area contributed by atoms with Crippen molar-refractivity contribution in [3.8, 4) is 17.1 Å². The van der Waals surface area contributed by atoms with Crippen LogP contribution in [-0.4, -0.2) is 46.3 Å². The number of benzene rings is 2. The molecule has 1 fully saturated rings. The molecular formula is C21H23FN4O2. The van der Waals surface area contributed by atoms with E-state index in [-0.39, 0.29) is 17.6 Å². The van der Waals surface area contributed by atoms with E-state index in [1.807, 2.05) is 12.1 Å². The van der Waals surface area contributed by atoms with E-state index in [1.54, 1.807) is 31.2 Å². The lowest BCUT2D eigenvalue weighted by atomic mass is 10.1. The Morgan fingerprint density at radius 3 is 2.46 bits per heavy atom. The molecule has 1 aromatic heterocycles. The lowest BCUT2D eigenvalue weighted by Crippen LogP contribution is -2.47. The van der Waals surface area contributed by atoms with Gasteiger partial charge in [-0.1, -0.05) is 5.16 Å². The van der Waals surface area contributed by atoms with Crippen LogP contribution in [-0.2, 0) is 0 Å². The van der Waals surface area contributed by atoms with E-state index in [0.717, 1.165) is 37.4 Å². The zero-order valence-electron chi connectivity index (χ0n) is 16.0. The number of phenols is 1. The van der Waals surface area contributed by atoms with Gasteiger partial charge in [0, 0.05) is 37.4 Å². The number of hydrogen-bond donors (Lipinski definition) is 1. The molecule has 1 atom stereocenters. The normalized spacial score (nSPS) is 16.3. The van der Waals surface area contributed by atoms with E-state index in [4.69, 9.17) is 4.52 Å². The molecule has 2 aromatic carbocycles. The summed E-state index contributed by atoms with van der Waals surface area (Å²) in [5, 5.41) is 13.5. The predicted octanol–water partition coefficient (Wildman–Crippen LogP) is 3.77. The molecule has 0 aliphatic carbocycles. The second-order valence-electron chi connectivity index (χ2n) is 7.14. The maximum Gasteiger partial charge on any atom is 0.244 e. The molecule has 7 heteroatoms. The third kappa shape index (κ3) is 3.71. The highest BCUT2D eigenvalue weighted by molar-refractivity contribution is 5.55. The minimum Gasteiger partial charge on any atom is -0.508 e. The summed E-state index contributed by atoms with van der Waals surface area (Å²) in [6, 6.07) is 12.1. The van der Waals surface area contributed by atoms with E-state index < -0.39 is 0 Å². The van der Waals surface area contributed by atoms with Crippen LogP contribution in [0.4, 0.5) is 10.1 Å². The summed E-state index contributed by atoms with van der Waals surface area (Å²) in [5.41, 5.74) is 2.41. The Kier molecular flexibility index (Phi) is 5.00. The van der Waals surface area contributed by atoms with E-state index in [0.29, 0.717) is 17.3 Å². The molecule has 1 aliphatic rings. The number of aryl methyl sites for hydroxylation is 1. The highest BCUT2D eigenvalue weighted by atomic mass is 19.1. The fourth-order valence-electron chi connectivity index (χ4n) is 3.49. The van der Waals surface area contributed by atoms with Crippen molar-refractivity contribution in [1.29, 1.82) is 0 Å². The molecule has 146 valence electrons. The third-order valence-corrected chi connectivity index (χ3v) is 5.29. The van der Waals surface area contributed by atoms with Crippen molar-refractivity contribution in [2.45, 2.75) is 19.9 Å². The predicted molar refractivity (Wildman–Crippen MR) is 105 cm³/mol. The van der Waals surface area contributed by atoms with E-state index >= 15 is 0 Å². The molecule has 0 bridgehead atoms. The smallest absolute Gasteiger partial charge is 0.244 e. The SMILES string of the molecule is Cc1cc(-c2noc(C(C)N3CCN(c4ccc(O)cc4)CC3)n2)ccc1F. The fourth-order valence-corrected chi connectivity index (χ4v) is 3.49. The molecule has 0 amide bonds. The number of aromatic hydroxyl groups is 1. The van der Waals surface area contributed by atoms with Crippen LogP contribution in [0.1, 0.15) is 24.4 Å². The summed E-state index contributed by atoms with van der Waals surface area (Å²) >= 11 is 0. The average Bonchev–Trinajstić information content (AvgIpc) is 3.20. The molecule has 1 saturated heterocycles. The average molecular weight is 382 g/mol. The molecular weight excluding hydrogens is 359 g/mol. The number of rotatable bonds is 4. The molecule has 28 heavy (non-hydrogen) atoms. The number of aromatic nitrogens is 2. The summed E-state index contributed by atoms with van der Waals surface area (Å²) < 4.78 is 19.0. The minimum absolute atomic E-state index is 0.00441. The van der Waals surface area contributed by atoms with Crippen molar-refractivity contribution < 1.29 is 14.0 Å². The van der Waals surface area contributed by atoms with Crippen molar-refractivity contribution in [1.82, 2.24) is 15.0 Å². The largest absolute Gasteiger partial charge is 0.508 e. The van der Waals surface area contributed by atoms with Gasteiger partial charge in [0.25, 0.3) is 0 Å². The number of anilines is 1. The van der Waals surface area contributed by atoms with Crippen molar-refractivity contribution in [3.63, 3.8) is 0 Å². The van der Waals surface area contributed by atoms with Gasteiger partial charge in [0.2, 0.25) is 11.7 Å². The lowest BCUT2D eigenvalue weighted by molar-refractivity contribution is 0.164. The molecule has 1 aliphatic heterocycles. The van der Waals surface area contributed by atoms with Crippen molar-refractivity contribution in [2.24, 2.45) is 0 Å². The first-order valence-electron chi connectivity index (χ1n) is 9.39. The second-order valence-corrected chi connectivity index (χ2v) is 7.14. The monoisotopic (exact) mass is 382 g/mol. The Morgan fingerprint density at radius 1 is 1.07 bits per heavy atom. The molecule has 0 radical (unpaired) electrons. The molecule has 2 heterocycles. The molecule has 1 N–H and O–H groups in total.